The van der Waals surface area contributed by atoms with Gasteiger partial charge in [0.05, 0.1) is 18.7 Å². The van der Waals surface area contributed by atoms with Gasteiger partial charge in [0.1, 0.15) is 17.1 Å². The molecule has 2 N–H and O–H groups in total. The van der Waals surface area contributed by atoms with Crippen molar-refractivity contribution in [3.05, 3.63) is 53.6 Å². The molecule has 1 aliphatic heterocycles. The van der Waals surface area contributed by atoms with Crippen LogP contribution in [0.3, 0.4) is 0 Å². The summed E-state index contributed by atoms with van der Waals surface area (Å²) in [5, 5.41) is 6.49. The van der Waals surface area contributed by atoms with Crippen LogP contribution in [0.15, 0.2) is 42.5 Å². The first-order chi connectivity index (χ1) is 13.1. The predicted octanol–water partition coefficient (Wildman–Crippen LogP) is 5.30. The van der Waals surface area contributed by atoms with Crippen LogP contribution >= 0.6 is 12.2 Å². The number of ether oxygens (including phenoxy) is 2. The number of anilines is 1. The SMILES string of the molecule is COc1ccc2c(c1)[C@H](NC(=S)Nc1ccc(C(F)(F)F)cc1)CC(C)(C)O2. The number of thiocarbonyl (C=S) groups is 1. The number of nitrogens with one attached hydrogen (secondary N) is 2. The van der Waals surface area contributed by atoms with Crippen molar-refractivity contribution < 1.29 is 22.6 Å². The van der Waals surface area contributed by atoms with Crippen molar-refractivity contribution in [1.29, 1.82) is 0 Å². The summed E-state index contributed by atoms with van der Waals surface area (Å²) in [6, 6.07) is 10.2. The zero-order valence-electron chi connectivity index (χ0n) is 15.7. The zero-order valence-corrected chi connectivity index (χ0v) is 16.5. The molecule has 4 nitrogen and oxygen atoms in total. The summed E-state index contributed by atoms with van der Waals surface area (Å²) in [5.41, 5.74) is 0.283. The number of halogens is 3. The number of hydrogen-bond donors (Lipinski definition) is 2. The quantitative estimate of drug-likeness (QED) is 0.672. The van der Waals surface area contributed by atoms with Crippen molar-refractivity contribution in [3.8, 4) is 11.5 Å². The van der Waals surface area contributed by atoms with Crippen LogP contribution in [0.2, 0.25) is 0 Å². The maximum absolute atomic E-state index is 12.7. The fourth-order valence-corrected chi connectivity index (χ4v) is 3.42. The monoisotopic (exact) mass is 410 g/mol. The summed E-state index contributed by atoms with van der Waals surface area (Å²) in [4.78, 5) is 0. The van der Waals surface area contributed by atoms with E-state index in [1.165, 1.54) is 12.1 Å². The first-order valence-corrected chi connectivity index (χ1v) is 9.10. The highest BCUT2D eigenvalue weighted by Gasteiger charge is 2.34. The van der Waals surface area contributed by atoms with Gasteiger partial charge >= 0.3 is 6.18 Å². The van der Waals surface area contributed by atoms with Gasteiger partial charge in [-0.1, -0.05) is 0 Å². The van der Waals surface area contributed by atoms with Crippen LogP contribution in [0.1, 0.15) is 37.4 Å². The molecule has 2 aromatic carbocycles. The second-order valence-corrected chi connectivity index (χ2v) is 7.60. The van der Waals surface area contributed by atoms with Crippen LogP contribution in [0.25, 0.3) is 0 Å². The Labute approximate surface area is 167 Å². The van der Waals surface area contributed by atoms with Gasteiger partial charge < -0.3 is 20.1 Å². The molecule has 0 spiro atoms. The Bertz CT molecular complexity index is 867. The topological polar surface area (TPSA) is 42.5 Å². The maximum Gasteiger partial charge on any atom is 0.416 e. The Morgan fingerprint density at radius 3 is 2.46 bits per heavy atom. The molecule has 3 rings (SSSR count). The van der Waals surface area contributed by atoms with Crippen molar-refractivity contribution in [1.82, 2.24) is 5.32 Å². The molecule has 28 heavy (non-hydrogen) atoms. The van der Waals surface area contributed by atoms with Crippen LogP contribution in [0.4, 0.5) is 18.9 Å². The molecule has 8 heteroatoms. The third-order valence-electron chi connectivity index (χ3n) is 4.45. The summed E-state index contributed by atoms with van der Waals surface area (Å²) in [6.07, 6.45) is -3.71. The summed E-state index contributed by atoms with van der Waals surface area (Å²) in [5.74, 6) is 1.45. The highest BCUT2D eigenvalue weighted by molar-refractivity contribution is 7.80. The van der Waals surface area contributed by atoms with Gasteiger partial charge in [-0.15, -0.1) is 0 Å². The number of fused-ring (bicyclic) bond motifs is 1. The van der Waals surface area contributed by atoms with Crippen molar-refractivity contribution in [2.24, 2.45) is 0 Å². The van der Waals surface area contributed by atoms with Gasteiger partial charge in [0.2, 0.25) is 0 Å². The molecule has 0 radical (unpaired) electrons. The van der Waals surface area contributed by atoms with Crippen LogP contribution in [-0.2, 0) is 6.18 Å². The lowest BCUT2D eigenvalue weighted by Crippen LogP contribution is -2.42. The minimum Gasteiger partial charge on any atom is -0.497 e. The molecule has 2 aromatic rings. The molecular formula is C20H21F3N2O2S. The molecule has 1 atom stereocenters. The molecule has 150 valence electrons. The number of alkyl halides is 3. The second-order valence-electron chi connectivity index (χ2n) is 7.20. The normalized spacial score (nSPS) is 17.9. The highest BCUT2D eigenvalue weighted by atomic mass is 32.1. The molecule has 0 unspecified atom stereocenters. The minimum atomic E-state index is -4.37. The molecule has 0 aliphatic carbocycles. The first-order valence-electron chi connectivity index (χ1n) is 8.69. The van der Waals surface area contributed by atoms with Crippen LogP contribution < -0.4 is 20.1 Å². The smallest absolute Gasteiger partial charge is 0.416 e. The Hall–Kier alpha value is -2.48. The molecule has 0 bridgehead atoms. The van der Waals surface area contributed by atoms with E-state index < -0.39 is 17.3 Å². The van der Waals surface area contributed by atoms with Crippen LogP contribution in [-0.4, -0.2) is 17.8 Å². The first kappa shape index (κ1) is 20.3. The lowest BCUT2D eigenvalue weighted by molar-refractivity contribution is -0.137. The zero-order chi connectivity index (χ0) is 20.5. The van der Waals surface area contributed by atoms with Crippen LogP contribution in [0, 0.1) is 0 Å². The van der Waals surface area contributed by atoms with E-state index in [1.807, 2.05) is 32.0 Å². The summed E-state index contributed by atoms with van der Waals surface area (Å²) >= 11 is 5.37. The molecule has 1 heterocycles. The summed E-state index contributed by atoms with van der Waals surface area (Å²) in [6.45, 7) is 3.97. The minimum absolute atomic E-state index is 0.136. The van der Waals surface area contributed by atoms with Gasteiger partial charge in [-0.05, 0) is 68.5 Å². The largest absolute Gasteiger partial charge is 0.497 e. The van der Waals surface area contributed by atoms with Crippen molar-refractivity contribution in [2.45, 2.75) is 38.1 Å². The molecule has 0 saturated heterocycles. The third kappa shape index (κ3) is 4.67. The van der Waals surface area contributed by atoms with Crippen LogP contribution in [0.5, 0.6) is 11.5 Å². The van der Waals surface area contributed by atoms with Gasteiger partial charge in [-0.2, -0.15) is 13.2 Å². The van der Waals surface area contributed by atoms with E-state index in [2.05, 4.69) is 10.6 Å². The maximum atomic E-state index is 12.7. The predicted molar refractivity (Wildman–Crippen MR) is 106 cm³/mol. The number of benzene rings is 2. The third-order valence-corrected chi connectivity index (χ3v) is 4.67. The Kier molecular flexibility index (Phi) is 5.43. The summed E-state index contributed by atoms with van der Waals surface area (Å²) in [7, 11) is 1.59. The fraction of sp³-hybridized carbons (Fsp3) is 0.350. The summed E-state index contributed by atoms with van der Waals surface area (Å²) < 4.78 is 49.4. The Balaban J connectivity index is 1.75. The van der Waals surface area contributed by atoms with E-state index >= 15 is 0 Å². The average molecular weight is 410 g/mol. The number of methoxy groups -OCH3 is 1. The van der Waals surface area contributed by atoms with Gasteiger partial charge in [-0.25, -0.2) is 0 Å². The van der Waals surface area contributed by atoms with Crippen molar-refractivity contribution in [3.63, 3.8) is 0 Å². The van der Waals surface area contributed by atoms with Crippen molar-refractivity contribution in [2.75, 3.05) is 12.4 Å². The number of hydrogen-bond acceptors (Lipinski definition) is 3. The van der Waals surface area contributed by atoms with E-state index in [9.17, 15) is 13.2 Å². The molecule has 0 fully saturated rings. The highest BCUT2D eigenvalue weighted by Crippen LogP contribution is 2.41. The molecule has 0 amide bonds. The Morgan fingerprint density at radius 1 is 1.18 bits per heavy atom. The Morgan fingerprint density at radius 2 is 1.86 bits per heavy atom. The molecule has 0 aromatic heterocycles. The average Bonchev–Trinajstić information content (AvgIpc) is 2.60. The van der Waals surface area contributed by atoms with Gasteiger partial charge in [-0.3, -0.25) is 0 Å². The lowest BCUT2D eigenvalue weighted by atomic mass is 9.89. The molecule has 0 saturated carbocycles. The van der Waals surface area contributed by atoms with E-state index in [-0.39, 0.29) is 6.04 Å². The van der Waals surface area contributed by atoms with E-state index in [4.69, 9.17) is 21.7 Å². The van der Waals surface area contributed by atoms with Gasteiger partial charge in [0, 0.05) is 17.7 Å². The van der Waals surface area contributed by atoms with E-state index in [1.54, 1.807) is 7.11 Å². The fourth-order valence-electron chi connectivity index (χ4n) is 3.16. The second kappa shape index (κ2) is 7.50. The van der Waals surface area contributed by atoms with Gasteiger partial charge in [0.15, 0.2) is 5.11 Å². The molecular weight excluding hydrogens is 389 g/mol. The van der Waals surface area contributed by atoms with E-state index in [0.717, 1.165) is 23.4 Å². The lowest BCUT2D eigenvalue weighted by Gasteiger charge is -2.38. The molecule has 1 aliphatic rings. The number of rotatable bonds is 3. The van der Waals surface area contributed by atoms with Gasteiger partial charge in [0.25, 0.3) is 0 Å². The van der Waals surface area contributed by atoms with E-state index in [0.29, 0.717) is 23.0 Å². The van der Waals surface area contributed by atoms with Crippen molar-refractivity contribution >= 4 is 23.0 Å². The standard InChI is InChI=1S/C20H21F3N2O2S/c1-19(2)11-16(15-10-14(26-3)8-9-17(15)27-19)25-18(28)24-13-6-4-12(5-7-13)20(21,22)23/h4-10,16H,11H2,1-3H3,(H2,24,25,28)/t16-/m1/s1.